The van der Waals surface area contributed by atoms with Crippen molar-refractivity contribution in [1.29, 1.82) is 0 Å². The standard InChI is InChI=1S/C23H29N7O3/c24-6-8-25-19-15-17-5-7-26-23(32)20(17)21(29-19)28-18-3-1-16(2-4-18)22(31)27-9-10-30-11-13-33-14-12-30/h1-5,7,15H,6,8-14,24H2,(H,26,32)(H,27,31)(H2,25,28,29). The molecule has 4 rings (SSSR count). The molecule has 1 fully saturated rings. The van der Waals surface area contributed by atoms with Crippen LogP contribution in [0.15, 0.2) is 47.4 Å². The highest BCUT2D eigenvalue weighted by molar-refractivity contribution is 5.96. The average Bonchev–Trinajstić information content (AvgIpc) is 2.84. The minimum atomic E-state index is -0.232. The van der Waals surface area contributed by atoms with Crippen molar-refractivity contribution in [1.82, 2.24) is 20.2 Å². The summed E-state index contributed by atoms with van der Waals surface area (Å²) in [4.78, 5) is 34.4. The number of rotatable bonds is 9. The fraction of sp³-hybridized carbons (Fsp3) is 0.348. The van der Waals surface area contributed by atoms with Crippen LogP contribution in [0.2, 0.25) is 0 Å². The number of H-pyrrole nitrogens is 1. The zero-order chi connectivity index (χ0) is 23.0. The Morgan fingerprint density at radius 3 is 2.70 bits per heavy atom. The van der Waals surface area contributed by atoms with Gasteiger partial charge in [0, 0.05) is 56.7 Å². The highest BCUT2D eigenvalue weighted by atomic mass is 16.5. The number of aromatic amines is 1. The van der Waals surface area contributed by atoms with E-state index in [4.69, 9.17) is 10.5 Å². The first-order chi connectivity index (χ1) is 16.1. The molecule has 1 saturated heterocycles. The molecule has 3 aromatic rings. The monoisotopic (exact) mass is 451 g/mol. The molecule has 0 atom stereocenters. The summed E-state index contributed by atoms with van der Waals surface area (Å²) in [5.41, 5.74) is 6.63. The van der Waals surface area contributed by atoms with Gasteiger partial charge < -0.3 is 31.4 Å². The maximum Gasteiger partial charge on any atom is 0.259 e. The smallest absolute Gasteiger partial charge is 0.259 e. The van der Waals surface area contributed by atoms with Gasteiger partial charge in [-0.2, -0.15) is 0 Å². The van der Waals surface area contributed by atoms with Crippen LogP contribution in [0.25, 0.3) is 10.8 Å². The molecule has 174 valence electrons. The topological polar surface area (TPSA) is 137 Å². The number of nitrogens with two attached hydrogens (primary N) is 1. The molecule has 3 heterocycles. The van der Waals surface area contributed by atoms with Gasteiger partial charge in [-0.05, 0) is 41.8 Å². The van der Waals surface area contributed by atoms with Crippen LogP contribution in [0.1, 0.15) is 10.4 Å². The zero-order valence-corrected chi connectivity index (χ0v) is 18.4. The van der Waals surface area contributed by atoms with E-state index in [9.17, 15) is 9.59 Å². The Balaban J connectivity index is 1.44. The molecular formula is C23H29N7O3. The van der Waals surface area contributed by atoms with Gasteiger partial charge in [-0.25, -0.2) is 4.98 Å². The number of nitrogens with one attached hydrogen (secondary N) is 4. The van der Waals surface area contributed by atoms with Crippen LogP contribution in [-0.4, -0.2) is 73.3 Å². The van der Waals surface area contributed by atoms with E-state index in [2.05, 4.69) is 30.8 Å². The number of benzene rings is 1. The van der Waals surface area contributed by atoms with E-state index < -0.39 is 0 Å². The van der Waals surface area contributed by atoms with E-state index in [1.165, 1.54) is 0 Å². The van der Waals surface area contributed by atoms with Gasteiger partial charge in [0.05, 0.1) is 18.6 Å². The summed E-state index contributed by atoms with van der Waals surface area (Å²) in [5, 5.41) is 10.5. The van der Waals surface area contributed by atoms with Gasteiger partial charge in [-0.15, -0.1) is 0 Å². The van der Waals surface area contributed by atoms with Crippen molar-refractivity contribution in [2.45, 2.75) is 0 Å². The fourth-order valence-electron chi connectivity index (χ4n) is 3.69. The van der Waals surface area contributed by atoms with Crippen molar-refractivity contribution in [2.24, 2.45) is 5.73 Å². The van der Waals surface area contributed by atoms with Crippen LogP contribution in [0.5, 0.6) is 0 Å². The maximum atomic E-state index is 12.5. The van der Waals surface area contributed by atoms with Crippen LogP contribution >= 0.6 is 0 Å². The molecule has 6 N–H and O–H groups in total. The van der Waals surface area contributed by atoms with E-state index in [0.717, 1.165) is 38.2 Å². The summed E-state index contributed by atoms with van der Waals surface area (Å²) in [6.07, 6.45) is 1.60. The minimum absolute atomic E-state index is 0.122. The molecule has 10 nitrogen and oxygen atoms in total. The largest absolute Gasteiger partial charge is 0.379 e. The summed E-state index contributed by atoms with van der Waals surface area (Å²) in [6, 6.07) is 10.7. The van der Waals surface area contributed by atoms with Crippen molar-refractivity contribution in [3.8, 4) is 0 Å². The number of aromatic nitrogens is 2. The lowest BCUT2D eigenvalue weighted by atomic mass is 10.1. The molecule has 0 radical (unpaired) electrons. The third-order valence-corrected chi connectivity index (χ3v) is 5.43. The number of ether oxygens (including phenoxy) is 1. The van der Waals surface area contributed by atoms with Gasteiger partial charge >= 0.3 is 0 Å². The van der Waals surface area contributed by atoms with Gasteiger partial charge in [0.15, 0.2) is 0 Å². The predicted molar refractivity (Wildman–Crippen MR) is 129 cm³/mol. The third kappa shape index (κ3) is 5.86. The number of amides is 1. The molecule has 1 amide bonds. The first-order valence-electron chi connectivity index (χ1n) is 11.1. The summed E-state index contributed by atoms with van der Waals surface area (Å²) in [5.74, 6) is 0.928. The maximum absolute atomic E-state index is 12.5. The summed E-state index contributed by atoms with van der Waals surface area (Å²) in [7, 11) is 0. The second-order valence-corrected chi connectivity index (χ2v) is 7.75. The number of carbonyl (C=O) groups is 1. The Hall–Kier alpha value is -3.47. The summed E-state index contributed by atoms with van der Waals surface area (Å²) < 4.78 is 5.34. The van der Waals surface area contributed by atoms with Crippen LogP contribution in [0.3, 0.4) is 0 Å². The SMILES string of the molecule is NCCNc1cc2cc[nH]c(=O)c2c(Nc2ccc(C(=O)NCCN3CCOCC3)cc2)n1. The number of fused-ring (bicyclic) bond motifs is 1. The highest BCUT2D eigenvalue weighted by Gasteiger charge is 2.12. The number of morpholine rings is 1. The van der Waals surface area contributed by atoms with Crippen molar-refractivity contribution in [2.75, 3.05) is 63.1 Å². The molecule has 0 bridgehead atoms. The molecular weight excluding hydrogens is 422 g/mol. The molecule has 10 heteroatoms. The van der Waals surface area contributed by atoms with E-state index in [1.807, 2.05) is 12.1 Å². The Labute approximate surface area is 191 Å². The van der Waals surface area contributed by atoms with E-state index in [0.29, 0.717) is 47.9 Å². The van der Waals surface area contributed by atoms with Crippen molar-refractivity contribution in [3.63, 3.8) is 0 Å². The lowest BCUT2D eigenvalue weighted by Gasteiger charge is -2.26. The quantitative estimate of drug-likeness (QED) is 0.326. The number of pyridine rings is 2. The van der Waals surface area contributed by atoms with Crippen molar-refractivity contribution >= 4 is 34.0 Å². The number of hydrogen-bond donors (Lipinski definition) is 5. The second-order valence-electron chi connectivity index (χ2n) is 7.75. The van der Waals surface area contributed by atoms with Crippen LogP contribution in [0, 0.1) is 0 Å². The molecule has 0 saturated carbocycles. The molecule has 0 unspecified atom stereocenters. The molecule has 0 spiro atoms. The third-order valence-electron chi connectivity index (χ3n) is 5.43. The van der Waals surface area contributed by atoms with Crippen LogP contribution < -0.4 is 27.2 Å². The summed E-state index contributed by atoms with van der Waals surface area (Å²) in [6.45, 7) is 5.69. The lowest BCUT2D eigenvalue weighted by molar-refractivity contribution is 0.0383. The average molecular weight is 452 g/mol. The molecule has 1 aliphatic rings. The van der Waals surface area contributed by atoms with E-state index in [1.54, 1.807) is 30.5 Å². The Morgan fingerprint density at radius 2 is 1.94 bits per heavy atom. The summed E-state index contributed by atoms with van der Waals surface area (Å²) >= 11 is 0. The molecule has 2 aromatic heterocycles. The van der Waals surface area contributed by atoms with Crippen LogP contribution in [0.4, 0.5) is 17.3 Å². The molecule has 1 aliphatic heterocycles. The van der Waals surface area contributed by atoms with Gasteiger partial charge in [-0.3, -0.25) is 14.5 Å². The van der Waals surface area contributed by atoms with Gasteiger partial charge in [0.2, 0.25) is 0 Å². The lowest BCUT2D eigenvalue weighted by Crippen LogP contribution is -2.41. The number of anilines is 3. The Kier molecular flexibility index (Phi) is 7.51. The van der Waals surface area contributed by atoms with Crippen molar-refractivity contribution < 1.29 is 9.53 Å². The molecule has 33 heavy (non-hydrogen) atoms. The van der Waals surface area contributed by atoms with Gasteiger partial charge in [-0.1, -0.05) is 0 Å². The zero-order valence-electron chi connectivity index (χ0n) is 18.4. The number of hydrogen-bond acceptors (Lipinski definition) is 8. The Morgan fingerprint density at radius 1 is 1.15 bits per heavy atom. The number of carbonyl (C=O) groups excluding carboxylic acids is 1. The van der Waals surface area contributed by atoms with E-state index in [-0.39, 0.29) is 11.5 Å². The van der Waals surface area contributed by atoms with Gasteiger partial charge in [0.25, 0.3) is 11.5 Å². The van der Waals surface area contributed by atoms with Crippen LogP contribution in [-0.2, 0) is 4.74 Å². The van der Waals surface area contributed by atoms with Gasteiger partial charge in [0.1, 0.15) is 11.6 Å². The number of nitrogens with zero attached hydrogens (tertiary/aromatic N) is 2. The highest BCUT2D eigenvalue weighted by Crippen LogP contribution is 2.25. The second kappa shape index (κ2) is 10.9. The fourth-order valence-corrected chi connectivity index (χ4v) is 3.69. The van der Waals surface area contributed by atoms with E-state index >= 15 is 0 Å². The molecule has 0 aliphatic carbocycles. The predicted octanol–water partition coefficient (Wildman–Crippen LogP) is 1.10. The normalized spacial score (nSPS) is 14.2. The van der Waals surface area contributed by atoms with Crippen molar-refractivity contribution in [3.05, 3.63) is 58.5 Å². The molecule has 1 aromatic carbocycles. The first-order valence-corrected chi connectivity index (χ1v) is 11.1. The first kappa shape index (κ1) is 22.7. The Bertz CT molecular complexity index is 1140. The minimum Gasteiger partial charge on any atom is -0.379 e.